The van der Waals surface area contributed by atoms with E-state index in [1.54, 1.807) is 13.3 Å². The van der Waals surface area contributed by atoms with Crippen LogP contribution in [0.5, 0.6) is 5.88 Å². The number of ether oxygens (including phenoxy) is 1. The van der Waals surface area contributed by atoms with Crippen LogP contribution in [0.2, 0.25) is 0 Å². The number of methoxy groups -OCH3 is 1. The van der Waals surface area contributed by atoms with Crippen molar-refractivity contribution in [3.63, 3.8) is 0 Å². The molecular formula is C10H16N2O. The second-order valence-corrected chi connectivity index (χ2v) is 3.22. The predicted molar refractivity (Wildman–Crippen MR) is 52.7 cm³/mol. The molecule has 0 aliphatic heterocycles. The molecule has 1 heterocycles. The molecule has 1 aromatic rings. The van der Waals surface area contributed by atoms with Crippen LogP contribution in [0, 0.1) is 5.92 Å². The molecule has 0 fully saturated rings. The second kappa shape index (κ2) is 4.82. The largest absolute Gasteiger partial charge is 0.481 e. The third-order valence-electron chi connectivity index (χ3n) is 2.01. The highest BCUT2D eigenvalue weighted by Crippen LogP contribution is 2.17. The first-order chi connectivity index (χ1) is 6.27. The van der Waals surface area contributed by atoms with E-state index in [4.69, 9.17) is 10.5 Å². The molecule has 1 aromatic heterocycles. The summed E-state index contributed by atoms with van der Waals surface area (Å²) in [5.41, 5.74) is 6.68. The van der Waals surface area contributed by atoms with Crippen LogP contribution < -0.4 is 10.5 Å². The molecule has 0 amide bonds. The minimum atomic E-state index is 0.470. The van der Waals surface area contributed by atoms with E-state index in [-0.39, 0.29) is 0 Å². The molecule has 0 aliphatic rings. The van der Waals surface area contributed by atoms with Crippen LogP contribution in [0.25, 0.3) is 0 Å². The minimum Gasteiger partial charge on any atom is -0.481 e. The summed E-state index contributed by atoms with van der Waals surface area (Å²) >= 11 is 0. The quantitative estimate of drug-likeness (QED) is 0.758. The number of hydrogen-bond acceptors (Lipinski definition) is 3. The average Bonchev–Trinajstić information content (AvgIpc) is 2.18. The van der Waals surface area contributed by atoms with Gasteiger partial charge in [-0.15, -0.1) is 0 Å². The molecule has 2 N–H and O–H groups in total. The van der Waals surface area contributed by atoms with Gasteiger partial charge in [0.2, 0.25) is 5.88 Å². The Morgan fingerprint density at radius 3 is 3.00 bits per heavy atom. The zero-order valence-corrected chi connectivity index (χ0v) is 8.16. The standard InChI is InChI=1S/C10H16N2O/c1-8(7-11)6-9-4-3-5-12-10(9)13-2/h3-5,8H,6-7,11H2,1-2H3. The molecule has 0 radical (unpaired) electrons. The van der Waals surface area contributed by atoms with Crippen molar-refractivity contribution in [3.8, 4) is 5.88 Å². The lowest BCUT2D eigenvalue weighted by atomic mass is 10.0. The SMILES string of the molecule is COc1ncccc1CC(C)CN. The number of pyridine rings is 1. The van der Waals surface area contributed by atoms with Gasteiger partial charge in [-0.25, -0.2) is 4.98 Å². The molecule has 0 saturated carbocycles. The van der Waals surface area contributed by atoms with Gasteiger partial charge in [0.15, 0.2) is 0 Å². The van der Waals surface area contributed by atoms with Gasteiger partial charge < -0.3 is 10.5 Å². The van der Waals surface area contributed by atoms with E-state index in [1.165, 1.54) is 0 Å². The van der Waals surface area contributed by atoms with E-state index in [9.17, 15) is 0 Å². The van der Waals surface area contributed by atoms with Crippen LogP contribution in [0.4, 0.5) is 0 Å². The van der Waals surface area contributed by atoms with Gasteiger partial charge in [0, 0.05) is 11.8 Å². The summed E-state index contributed by atoms with van der Waals surface area (Å²) in [5, 5.41) is 0. The first-order valence-corrected chi connectivity index (χ1v) is 4.46. The van der Waals surface area contributed by atoms with Crippen molar-refractivity contribution in [1.82, 2.24) is 4.98 Å². The molecule has 1 rings (SSSR count). The van der Waals surface area contributed by atoms with E-state index in [0.717, 1.165) is 12.0 Å². The summed E-state index contributed by atoms with van der Waals surface area (Å²) in [7, 11) is 1.64. The summed E-state index contributed by atoms with van der Waals surface area (Å²) in [4.78, 5) is 4.12. The minimum absolute atomic E-state index is 0.470. The maximum atomic E-state index is 5.55. The highest BCUT2D eigenvalue weighted by atomic mass is 16.5. The van der Waals surface area contributed by atoms with Crippen molar-refractivity contribution >= 4 is 0 Å². The van der Waals surface area contributed by atoms with E-state index in [1.807, 2.05) is 12.1 Å². The van der Waals surface area contributed by atoms with Crippen LogP contribution in [-0.4, -0.2) is 18.6 Å². The van der Waals surface area contributed by atoms with E-state index < -0.39 is 0 Å². The topological polar surface area (TPSA) is 48.1 Å². The van der Waals surface area contributed by atoms with Gasteiger partial charge >= 0.3 is 0 Å². The maximum absolute atomic E-state index is 5.55. The zero-order chi connectivity index (χ0) is 9.68. The Bertz CT molecular complexity index is 263. The number of hydrogen-bond donors (Lipinski definition) is 1. The van der Waals surface area contributed by atoms with E-state index >= 15 is 0 Å². The van der Waals surface area contributed by atoms with Crippen LogP contribution >= 0.6 is 0 Å². The Hall–Kier alpha value is -1.09. The van der Waals surface area contributed by atoms with Crippen molar-refractivity contribution in [2.45, 2.75) is 13.3 Å². The van der Waals surface area contributed by atoms with Crippen molar-refractivity contribution in [2.75, 3.05) is 13.7 Å². The fourth-order valence-electron chi connectivity index (χ4n) is 1.22. The molecule has 0 aromatic carbocycles. The van der Waals surface area contributed by atoms with Crippen molar-refractivity contribution in [1.29, 1.82) is 0 Å². The van der Waals surface area contributed by atoms with Crippen molar-refractivity contribution < 1.29 is 4.74 Å². The Morgan fingerprint density at radius 2 is 2.38 bits per heavy atom. The van der Waals surface area contributed by atoms with Crippen LogP contribution in [0.3, 0.4) is 0 Å². The molecule has 1 atom stereocenters. The highest BCUT2D eigenvalue weighted by molar-refractivity contribution is 5.25. The summed E-state index contributed by atoms with van der Waals surface area (Å²) in [5.74, 6) is 1.18. The smallest absolute Gasteiger partial charge is 0.216 e. The van der Waals surface area contributed by atoms with E-state index in [2.05, 4.69) is 11.9 Å². The monoisotopic (exact) mass is 180 g/mol. The summed E-state index contributed by atoms with van der Waals surface area (Å²) in [6.45, 7) is 2.81. The Morgan fingerprint density at radius 1 is 1.62 bits per heavy atom. The number of aromatic nitrogens is 1. The third kappa shape index (κ3) is 2.70. The molecule has 0 saturated heterocycles. The number of nitrogens with zero attached hydrogens (tertiary/aromatic N) is 1. The van der Waals surface area contributed by atoms with Gasteiger partial charge in [0.1, 0.15) is 0 Å². The zero-order valence-electron chi connectivity index (χ0n) is 8.16. The first kappa shape index (κ1) is 9.99. The van der Waals surface area contributed by atoms with E-state index in [0.29, 0.717) is 18.3 Å². The highest BCUT2D eigenvalue weighted by Gasteiger charge is 2.06. The summed E-state index contributed by atoms with van der Waals surface area (Å²) < 4.78 is 5.14. The second-order valence-electron chi connectivity index (χ2n) is 3.22. The number of nitrogens with two attached hydrogens (primary N) is 1. The lowest BCUT2D eigenvalue weighted by Crippen LogP contribution is -2.13. The third-order valence-corrected chi connectivity index (χ3v) is 2.01. The van der Waals surface area contributed by atoms with Crippen LogP contribution in [-0.2, 0) is 6.42 Å². The molecule has 13 heavy (non-hydrogen) atoms. The molecule has 72 valence electrons. The van der Waals surface area contributed by atoms with Crippen LogP contribution in [0.1, 0.15) is 12.5 Å². The fraction of sp³-hybridized carbons (Fsp3) is 0.500. The fourth-order valence-corrected chi connectivity index (χ4v) is 1.22. The van der Waals surface area contributed by atoms with Gasteiger partial charge in [0.05, 0.1) is 7.11 Å². The van der Waals surface area contributed by atoms with Gasteiger partial charge in [-0.1, -0.05) is 13.0 Å². The molecular weight excluding hydrogens is 164 g/mol. The number of rotatable bonds is 4. The average molecular weight is 180 g/mol. The van der Waals surface area contributed by atoms with Gasteiger partial charge in [-0.05, 0) is 24.9 Å². The summed E-state index contributed by atoms with van der Waals surface area (Å²) in [6.07, 6.45) is 2.66. The normalized spacial score (nSPS) is 12.5. The van der Waals surface area contributed by atoms with Crippen molar-refractivity contribution in [3.05, 3.63) is 23.9 Å². The lowest BCUT2D eigenvalue weighted by molar-refractivity contribution is 0.389. The maximum Gasteiger partial charge on any atom is 0.216 e. The van der Waals surface area contributed by atoms with Crippen LogP contribution in [0.15, 0.2) is 18.3 Å². The molecule has 0 spiro atoms. The Balaban J connectivity index is 2.74. The lowest BCUT2D eigenvalue weighted by Gasteiger charge is -2.10. The Kier molecular flexibility index (Phi) is 3.71. The first-order valence-electron chi connectivity index (χ1n) is 4.46. The molecule has 0 bridgehead atoms. The molecule has 3 nitrogen and oxygen atoms in total. The van der Waals surface area contributed by atoms with Gasteiger partial charge in [0.25, 0.3) is 0 Å². The molecule has 0 aliphatic carbocycles. The van der Waals surface area contributed by atoms with Crippen molar-refractivity contribution in [2.24, 2.45) is 11.7 Å². The van der Waals surface area contributed by atoms with Gasteiger partial charge in [-0.2, -0.15) is 0 Å². The molecule has 3 heteroatoms. The van der Waals surface area contributed by atoms with Gasteiger partial charge in [-0.3, -0.25) is 0 Å². The Labute approximate surface area is 78.9 Å². The predicted octanol–water partition coefficient (Wildman–Crippen LogP) is 1.23. The summed E-state index contributed by atoms with van der Waals surface area (Å²) in [6, 6.07) is 3.94. The molecule has 1 unspecified atom stereocenters.